The number of nitrogens with one attached hydrogen (secondary N) is 1. The van der Waals surface area contributed by atoms with Gasteiger partial charge in [-0.2, -0.15) is 5.26 Å². The second-order valence-corrected chi connectivity index (χ2v) is 4.08. The van der Waals surface area contributed by atoms with E-state index in [9.17, 15) is 5.11 Å². The van der Waals surface area contributed by atoms with Gasteiger partial charge in [0.1, 0.15) is 0 Å². The molecule has 0 radical (unpaired) electrons. The smallest absolute Gasteiger partial charge is 0.0672 e. The first-order valence-corrected chi connectivity index (χ1v) is 5.59. The Bertz CT molecular complexity index is 200. The van der Waals surface area contributed by atoms with E-state index < -0.39 is 0 Å². The fourth-order valence-corrected chi connectivity index (χ4v) is 2.00. The van der Waals surface area contributed by atoms with E-state index in [1.165, 1.54) is 0 Å². The van der Waals surface area contributed by atoms with E-state index in [-0.39, 0.29) is 12.0 Å². The maximum Gasteiger partial charge on any atom is 0.0672 e. The maximum absolute atomic E-state index is 9.35. The van der Waals surface area contributed by atoms with Gasteiger partial charge >= 0.3 is 0 Å². The van der Waals surface area contributed by atoms with Crippen molar-refractivity contribution in [1.82, 2.24) is 5.32 Å². The minimum atomic E-state index is -0.190. The summed E-state index contributed by atoms with van der Waals surface area (Å²) in [5.41, 5.74) is 0. The van der Waals surface area contributed by atoms with Crippen LogP contribution in [0.25, 0.3) is 0 Å². The van der Waals surface area contributed by atoms with Crippen molar-refractivity contribution in [3.8, 4) is 6.07 Å². The Balaban J connectivity index is 2.15. The van der Waals surface area contributed by atoms with Crippen LogP contribution in [0.4, 0.5) is 0 Å². The van der Waals surface area contributed by atoms with Gasteiger partial charge in [0.25, 0.3) is 0 Å². The molecule has 0 aromatic rings. The largest absolute Gasteiger partial charge is 0.393 e. The molecule has 0 saturated heterocycles. The molecule has 1 fully saturated rings. The van der Waals surface area contributed by atoms with Crippen LogP contribution in [0.15, 0.2) is 0 Å². The SMILES string of the molecule is CCC(O)CCNC1CCCC1C#N. The first-order chi connectivity index (χ1) is 6.77. The van der Waals surface area contributed by atoms with Crippen LogP contribution in [0.3, 0.4) is 0 Å². The minimum absolute atomic E-state index is 0.189. The van der Waals surface area contributed by atoms with Crippen molar-refractivity contribution >= 4 is 0 Å². The summed E-state index contributed by atoms with van der Waals surface area (Å²) in [6, 6.07) is 2.71. The molecule has 0 heterocycles. The van der Waals surface area contributed by atoms with E-state index in [1.54, 1.807) is 0 Å². The van der Waals surface area contributed by atoms with Gasteiger partial charge < -0.3 is 10.4 Å². The van der Waals surface area contributed by atoms with Crippen molar-refractivity contribution in [2.75, 3.05) is 6.54 Å². The Hall–Kier alpha value is -0.590. The molecule has 80 valence electrons. The number of aliphatic hydroxyl groups excluding tert-OH is 1. The van der Waals surface area contributed by atoms with E-state index in [4.69, 9.17) is 5.26 Å². The summed E-state index contributed by atoms with van der Waals surface area (Å²) < 4.78 is 0. The van der Waals surface area contributed by atoms with Crippen LogP contribution in [-0.4, -0.2) is 23.8 Å². The third kappa shape index (κ3) is 3.28. The lowest BCUT2D eigenvalue weighted by Crippen LogP contribution is -2.33. The highest BCUT2D eigenvalue weighted by Crippen LogP contribution is 2.24. The molecule has 3 heteroatoms. The molecule has 0 bridgehead atoms. The molecule has 1 aliphatic carbocycles. The first-order valence-electron chi connectivity index (χ1n) is 5.59. The zero-order chi connectivity index (χ0) is 10.4. The van der Waals surface area contributed by atoms with Crippen LogP contribution in [0.1, 0.15) is 39.0 Å². The van der Waals surface area contributed by atoms with Gasteiger partial charge in [-0.05, 0) is 32.2 Å². The summed E-state index contributed by atoms with van der Waals surface area (Å²) >= 11 is 0. The predicted octanol–water partition coefficient (Wildman–Crippen LogP) is 1.43. The number of hydrogen-bond donors (Lipinski definition) is 2. The summed E-state index contributed by atoms with van der Waals surface area (Å²) in [5, 5.41) is 21.6. The predicted molar refractivity (Wildman–Crippen MR) is 55.7 cm³/mol. The average molecular weight is 196 g/mol. The third-order valence-electron chi connectivity index (χ3n) is 3.04. The normalized spacial score (nSPS) is 28.6. The van der Waals surface area contributed by atoms with E-state index in [2.05, 4.69) is 11.4 Å². The fourth-order valence-electron chi connectivity index (χ4n) is 2.00. The summed E-state index contributed by atoms with van der Waals surface area (Å²) in [5.74, 6) is 0.189. The molecule has 3 unspecified atom stereocenters. The number of nitriles is 1. The summed E-state index contributed by atoms with van der Waals surface area (Å²) in [6.45, 7) is 2.82. The first kappa shape index (κ1) is 11.5. The van der Waals surface area contributed by atoms with Crippen molar-refractivity contribution < 1.29 is 5.11 Å². The molecule has 3 nitrogen and oxygen atoms in total. The standard InChI is InChI=1S/C11H20N2O/c1-2-10(14)6-7-13-11-5-3-4-9(11)8-12/h9-11,13-14H,2-7H2,1H3. The van der Waals surface area contributed by atoms with Crippen LogP contribution >= 0.6 is 0 Å². The molecule has 0 aromatic heterocycles. The number of hydrogen-bond acceptors (Lipinski definition) is 3. The monoisotopic (exact) mass is 196 g/mol. The lowest BCUT2D eigenvalue weighted by atomic mass is 10.1. The lowest BCUT2D eigenvalue weighted by Gasteiger charge is -2.16. The minimum Gasteiger partial charge on any atom is -0.393 e. The van der Waals surface area contributed by atoms with E-state index >= 15 is 0 Å². The summed E-state index contributed by atoms with van der Waals surface area (Å²) in [6.07, 6.45) is 4.72. The number of rotatable bonds is 5. The molecule has 3 atom stereocenters. The van der Waals surface area contributed by atoms with Crippen LogP contribution in [-0.2, 0) is 0 Å². The summed E-state index contributed by atoms with van der Waals surface area (Å²) in [7, 11) is 0. The lowest BCUT2D eigenvalue weighted by molar-refractivity contribution is 0.158. The van der Waals surface area contributed by atoms with Gasteiger partial charge in [0.2, 0.25) is 0 Å². The molecule has 0 aliphatic heterocycles. The Morgan fingerprint density at radius 1 is 1.57 bits per heavy atom. The average Bonchev–Trinajstić information content (AvgIpc) is 2.65. The van der Waals surface area contributed by atoms with Gasteiger partial charge in [0.15, 0.2) is 0 Å². The van der Waals surface area contributed by atoms with Crippen LogP contribution < -0.4 is 5.32 Å². The molecule has 1 rings (SSSR count). The van der Waals surface area contributed by atoms with Gasteiger partial charge in [-0.3, -0.25) is 0 Å². The highest BCUT2D eigenvalue weighted by molar-refractivity contribution is 4.96. The van der Waals surface area contributed by atoms with Gasteiger partial charge in [0, 0.05) is 6.04 Å². The van der Waals surface area contributed by atoms with Gasteiger partial charge in [-0.1, -0.05) is 13.3 Å². The topological polar surface area (TPSA) is 56.0 Å². The van der Waals surface area contributed by atoms with Gasteiger partial charge in [-0.25, -0.2) is 0 Å². The highest BCUT2D eigenvalue weighted by atomic mass is 16.3. The zero-order valence-corrected chi connectivity index (χ0v) is 8.87. The molecular formula is C11H20N2O. The molecular weight excluding hydrogens is 176 g/mol. The summed E-state index contributed by atoms with van der Waals surface area (Å²) in [4.78, 5) is 0. The zero-order valence-electron chi connectivity index (χ0n) is 8.87. The quantitative estimate of drug-likeness (QED) is 0.699. The Labute approximate surface area is 86.1 Å². The second kappa shape index (κ2) is 6.00. The number of aliphatic hydroxyl groups is 1. The van der Waals surface area contributed by atoms with Crippen molar-refractivity contribution in [2.24, 2.45) is 5.92 Å². The Morgan fingerprint density at radius 3 is 3.00 bits per heavy atom. The molecule has 14 heavy (non-hydrogen) atoms. The maximum atomic E-state index is 9.35. The third-order valence-corrected chi connectivity index (χ3v) is 3.04. The molecule has 0 spiro atoms. The van der Waals surface area contributed by atoms with E-state index in [0.717, 1.165) is 38.6 Å². The van der Waals surface area contributed by atoms with Crippen molar-refractivity contribution in [2.45, 2.75) is 51.2 Å². The van der Waals surface area contributed by atoms with Gasteiger partial charge in [0.05, 0.1) is 18.1 Å². The van der Waals surface area contributed by atoms with Crippen molar-refractivity contribution in [3.63, 3.8) is 0 Å². The van der Waals surface area contributed by atoms with Crippen LogP contribution in [0, 0.1) is 17.2 Å². The molecule has 1 saturated carbocycles. The van der Waals surface area contributed by atoms with Crippen LogP contribution in [0.5, 0.6) is 0 Å². The molecule has 2 N–H and O–H groups in total. The Morgan fingerprint density at radius 2 is 2.36 bits per heavy atom. The van der Waals surface area contributed by atoms with Gasteiger partial charge in [-0.15, -0.1) is 0 Å². The van der Waals surface area contributed by atoms with Crippen molar-refractivity contribution in [3.05, 3.63) is 0 Å². The fraction of sp³-hybridized carbons (Fsp3) is 0.909. The molecule has 1 aliphatic rings. The van der Waals surface area contributed by atoms with E-state index in [0.29, 0.717) is 6.04 Å². The second-order valence-electron chi connectivity index (χ2n) is 4.08. The van der Waals surface area contributed by atoms with Crippen LogP contribution in [0.2, 0.25) is 0 Å². The molecule has 0 aromatic carbocycles. The Kier molecular flexibility index (Phi) is 4.92. The highest BCUT2D eigenvalue weighted by Gasteiger charge is 2.26. The molecule has 0 amide bonds. The number of nitrogens with zero attached hydrogens (tertiary/aromatic N) is 1. The van der Waals surface area contributed by atoms with E-state index in [1.807, 2.05) is 6.92 Å². The van der Waals surface area contributed by atoms with Crippen molar-refractivity contribution in [1.29, 1.82) is 5.26 Å².